The van der Waals surface area contributed by atoms with Crippen molar-refractivity contribution in [3.05, 3.63) is 73.1 Å². The molecule has 170 valence electrons. The second-order valence-electron chi connectivity index (χ2n) is 7.75. The largest absolute Gasteiger partial charge is 0.493 e. The van der Waals surface area contributed by atoms with Crippen LogP contribution in [0.15, 0.2) is 67.4 Å². The summed E-state index contributed by atoms with van der Waals surface area (Å²) in [4.78, 5) is 19.9. The second kappa shape index (κ2) is 9.15. The van der Waals surface area contributed by atoms with Gasteiger partial charge in [0.05, 0.1) is 36.9 Å². The van der Waals surface area contributed by atoms with Crippen LogP contribution < -0.4 is 19.7 Å². The monoisotopic (exact) mass is 445 g/mol. The maximum absolute atomic E-state index is 5.94. The smallest absolute Gasteiger partial charge is 0.229 e. The summed E-state index contributed by atoms with van der Waals surface area (Å²) in [5.41, 5.74) is 3.59. The van der Waals surface area contributed by atoms with Gasteiger partial charge in [-0.3, -0.25) is 4.57 Å². The minimum absolute atomic E-state index is 0.0320. The van der Waals surface area contributed by atoms with Crippen molar-refractivity contribution in [1.82, 2.24) is 24.5 Å². The highest BCUT2D eigenvalue weighted by atomic mass is 16.5. The fraction of sp³-hybridized carbons (Fsp3) is 0.250. The summed E-state index contributed by atoms with van der Waals surface area (Å²) >= 11 is 0. The number of imidazole rings is 1. The van der Waals surface area contributed by atoms with E-state index in [2.05, 4.69) is 38.3 Å². The first kappa shape index (κ1) is 22.1. The van der Waals surface area contributed by atoms with Crippen LogP contribution in [0.3, 0.4) is 0 Å². The highest BCUT2D eigenvalue weighted by molar-refractivity contribution is 5.63. The molecule has 9 heteroatoms. The summed E-state index contributed by atoms with van der Waals surface area (Å²) in [5, 5.41) is 3.21. The molecular formula is C24H27N7O2. The van der Waals surface area contributed by atoms with Crippen LogP contribution in [0.2, 0.25) is 0 Å². The van der Waals surface area contributed by atoms with Crippen molar-refractivity contribution in [3.63, 3.8) is 0 Å². The molecule has 0 aromatic carbocycles. The average molecular weight is 446 g/mol. The maximum atomic E-state index is 5.94. The van der Waals surface area contributed by atoms with Crippen LogP contribution >= 0.6 is 0 Å². The fourth-order valence-corrected chi connectivity index (χ4v) is 3.68. The lowest BCUT2D eigenvalue weighted by atomic mass is 9.99. The predicted octanol–water partition coefficient (Wildman–Crippen LogP) is 4.00. The van der Waals surface area contributed by atoms with Gasteiger partial charge in [0.1, 0.15) is 12.9 Å². The average Bonchev–Trinajstić information content (AvgIpc) is 3.24. The Morgan fingerprint density at radius 1 is 1.27 bits per heavy atom. The van der Waals surface area contributed by atoms with E-state index in [1.54, 1.807) is 31.9 Å². The van der Waals surface area contributed by atoms with E-state index in [0.29, 0.717) is 41.4 Å². The van der Waals surface area contributed by atoms with Crippen molar-refractivity contribution < 1.29 is 9.47 Å². The van der Waals surface area contributed by atoms with Gasteiger partial charge in [-0.15, -0.1) is 0 Å². The Morgan fingerprint density at radius 2 is 2.09 bits per heavy atom. The standard InChI is InChI=1S/C24H27N7O2/c1-7-8-18(15(2)3)19-13-33-21-11-26-24(29-23(21)30(19)5)28-17-9-20(32-6)22(25-10-17)31-12-16(4)27-14-31/h7-12,14,19H,1-2,13H2,3-6H3,(H,26,28,29)/b18-8+. The molecule has 0 aliphatic carbocycles. The van der Waals surface area contributed by atoms with Crippen LogP contribution in [-0.4, -0.2) is 51.3 Å². The van der Waals surface area contributed by atoms with Crippen molar-refractivity contribution in [2.24, 2.45) is 0 Å². The van der Waals surface area contributed by atoms with E-state index in [1.165, 1.54) is 0 Å². The normalized spacial score (nSPS) is 15.5. The van der Waals surface area contributed by atoms with E-state index >= 15 is 0 Å². The molecule has 1 atom stereocenters. The summed E-state index contributed by atoms with van der Waals surface area (Å²) in [6.07, 6.45) is 10.7. The molecule has 0 spiro atoms. The molecule has 1 aliphatic rings. The van der Waals surface area contributed by atoms with Gasteiger partial charge >= 0.3 is 0 Å². The van der Waals surface area contributed by atoms with Crippen LogP contribution in [0.5, 0.6) is 11.5 Å². The molecule has 0 saturated heterocycles. The first-order chi connectivity index (χ1) is 15.9. The van der Waals surface area contributed by atoms with Gasteiger partial charge in [-0.1, -0.05) is 30.9 Å². The number of ether oxygens (including phenoxy) is 2. The Labute approximate surface area is 193 Å². The Bertz CT molecular complexity index is 1230. The molecule has 0 fully saturated rings. The summed E-state index contributed by atoms with van der Waals surface area (Å²) < 4.78 is 13.3. The van der Waals surface area contributed by atoms with Crippen molar-refractivity contribution in [2.45, 2.75) is 19.9 Å². The van der Waals surface area contributed by atoms with Crippen LogP contribution in [0, 0.1) is 6.92 Å². The van der Waals surface area contributed by atoms with Gasteiger partial charge in [0, 0.05) is 19.3 Å². The summed E-state index contributed by atoms with van der Waals surface area (Å²) in [5.74, 6) is 2.97. The number of rotatable bonds is 7. The maximum Gasteiger partial charge on any atom is 0.229 e. The van der Waals surface area contributed by atoms with Gasteiger partial charge in [0.15, 0.2) is 23.1 Å². The summed E-state index contributed by atoms with van der Waals surface area (Å²) in [6.45, 7) is 12.3. The second-order valence-corrected chi connectivity index (χ2v) is 7.75. The van der Waals surface area contributed by atoms with Crippen molar-refractivity contribution in [2.75, 3.05) is 31.0 Å². The predicted molar refractivity (Wildman–Crippen MR) is 129 cm³/mol. The van der Waals surface area contributed by atoms with Gasteiger partial charge in [-0.2, -0.15) is 4.98 Å². The molecule has 33 heavy (non-hydrogen) atoms. The van der Waals surface area contributed by atoms with Crippen molar-refractivity contribution >= 4 is 17.5 Å². The molecule has 3 aromatic rings. The van der Waals surface area contributed by atoms with Gasteiger partial charge in [-0.05, 0) is 19.4 Å². The molecule has 4 heterocycles. The SMILES string of the molecule is C=C/C=C(\C(=C)C)C1COc2cnc(Nc3cnc(-n4cnc(C)c4)c(OC)c3)nc2N1C. The molecule has 9 nitrogen and oxygen atoms in total. The first-order valence-electron chi connectivity index (χ1n) is 10.4. The number of hydrogen-bond acceptors (Lipinski definition) is 8. The fourth-order valence-electron chi connectivity index (χ4n) is 3.68. The highest BCUT2D eigenvalue weighted by Crippen LogP contribution is 2.35. The number of pyridine rings is 1. The Kier molecular flexibility index (Phi) is 6.12. The molecular weight excluding hydrogens is 418 g/mol. The number of nitrogens with zero attached hydrogens (tertiary/aromatic N) is 6. The van der Waals surface area contributed by atoms with E-state index in [1.807, 2.05) is 43.8 Å². The molecule has 4 rings (SSSR count). The van der Waals surface area contributed by atoms with E-state index < -0.39 is 0 Å². The third-order valence-electron chi connectivity index (χ3n) is 5.35. The van der Waals surface area contributed by atoms with Gasteiger partial charge in [0.2, 0.25) is 5.95 Å². The molecule has 0 amide bonds. The lowest BCUT2D eigenvalue weighted by Gasteiger charge is -2.36. The van der Waals surface area contributed by atoms with Crippen LogP contribution in [0.1, 0.15) is 12.6 Å². The zero-order chi connectivity index (χ0) is 23.5. The zero-order valence-corrected chi connectivity index (χ0v) is 19.2. The molecule has 1 unspecified atom stereocenters. The van der Waals surface area contributed by atoms with Gasteiger partial charge in [0.25, 0.3) is 0 Å². The third-order valence-corrected chi connectivity index (χ3v) is 5.35. The van der Waals surface area contributed by atoms with Gasteiger partial charge in [-0.25, -0.2) is 15.0 Å². The topological polar surface area (TPSA) is 90.2 Å². The van der Waals surface area contributed by atoms with Crippen LogP contribution in [0.4, 0.5) is 17.5 Å². The number of aryl methyl sites for hydroxylation is 1. The van der Waals surface area contributed by atoms with Crippen LogP contribution in [-0.2, 0) is 0 Å². The van der Waals surface area contributed by atoms with E-state index in [4.69, 9.17) is 14.5 Å². The molecule has 1 N–H and O–H groups in total. The first-order valence-corrected chi connectivity index (χ1v) is 10.4. The number of allylic oxidation sites excluding steroid dienone is 2. The Balaban J connectivity index is 1.60. The van der Waals surface area contributed by atoms with Crippen LogP contribution in [0.25, 0.3) is 5.82 Å². The van der Waals surface area contributed by atoms with E-state index in [-0.39, 0.29) is 6.04 Å². The number of aromatic nitrogens is 5. The van der Waals surface area contributed by atoms with E-state index in [9.17, 15) is 0 Å². The third kappa shape index (κ3) is 4.43. The lowest BCUT2D eigenvalue weighted by Crippen LogP contribution is -2.42. The quantitative estimate of drug-likeness (QED) is 0.546. The van der Waals surface area contributed by atoms with Crippen molar-refractivity contribution in [1.29, 1.82) is 0 Å². The number of nitrogens with one attached hydrogen (secondary N) is 1. The highest BCUT2D eigenvalue weighted by Gasteiger charge is 2.29. The number of methoxy groups -OCH3 is 1. The Morgan fingerprint density at radius 3 is 2.76 bits per heavy atom. The van der Waals surface area contributed by atoms with Gasteiger partial charge < -0.3 is 19.7 Å². The molecule has 1 aliphatic heterocycles. The minimum atomic E-state index is -0.0320. The number of fused-ring (bicyclic) bond motifs is 1. The molecule has 0 radical (unpaired) electrons. The minimum Gasteiger partial charge on any atom is -0.493 e. The van der Waals surface area contributed by atoms with Crippen molar-refractivity contribution in [3.8, 4) is 17.3 Å². The molecule has 0 bridgehead atoms. The number of hydrogen-bond donors (Lipinski definition) is 1. The number of anilines is 3. The van der Waals surface area contributed by atoms with E-state index in [0.717, 1.165) is 16.8 Å². The molecule has 0 saturated carbocycles. The number of likely N-dealkylation sites (N-methyl/N-ethyl adjacent to an activating group) is 1. The summed E-state index contributed by atoms with van der Waals surface area (Å²) in [6, 6.07) is 1.81. The summed E-state index contributed by atoms with van der Waals surface area (Å²) in [7, 11) is 3.58. The lowest BCUT2D eigenvalue weighted by molar-refractivity contribution is 0.278. The molecule has 3 aromatic heterocycles. The Hall–Kier alpha value is -4.14. The zero-order valence-electron chi connectivity index (χ0n) is 19.2.